The van der Waals surface area contributed by atoms with Gasteiger partial charge in [-0.15, -0.1) is 0 Å². The summed E-state index contributed by atoms with van der Waals surface area (Å²) >= 11 is 0. The Bertz CT molecular complexity index is 519. The molecule has 0 aliphatic rings. The molecule has 0 amide bonds. The van der Waals surface area contributed by atoms with Gasteiger partial charge < -0.3 is 34.4 Å². The maximum absolute atomic E-state index is 9.03. The summed E-state index contributed by atoms with van der Waals surface area (Å²) in [5, 5.41) is 26.9. The van der Waals surface area contributed by atoms with Gasteiger partial charge >= 0.3 is 0 Å². The first kappa shape index (κ1) is 44.7. The van der Waals surface area contributed by atoms with Crippen molar-refractivity contribution in [3.63, 3.8) is 0 Å². The number of aliphatic hydroxyl groups excluding tert-OH is 3. The highest BCUT2D eigenvalue weighted by atomic mass is 16.5. The topological polar surface area (TPSA) is 94.9 Å². The van der Waals surface area contributed by atoms with Crippen LogP contribution in [0, 0.1) is 0 Å². The number of hydrogen-bond acceptors (Lipinski definition) is 8. The van der Waals surface area contributed by atoms with Crippen LogP contribution in [0.25, 0.3) is 0 Å². The SMILES string of the molecule is CCCCCCCCCCCCCCCCCCCCCCN(CCCN(CCOCCO)CCOCCO)CCOCCO. The second-order valence-electron chi connectivity index (χ2n) is 12.8. The molecule has 8 heteroatoms. The molecule has 0 unspecified atom stereocenters. The lowest BCUT2D eigenvalue weighted by Gasteiger charge is -2.26. The second kappa shape index (κ2) is 39.9. The molecule has 0 heterocycles. The molecule has 0 aliphatic heterocycles. The molecule has 0 rings (SSSR count). The van der Waals surface area contributed by atoms with Gasteiger partial charge in [0.1, 0.15) is 0 Å². The largest absolute Gasteiger partial charge is 0.394 e. The molecule has 272 valence electrons. The predicted molar refractivity (Wildman–Crippen MR) is 189 cm³/mol. The van der Waals surface area contributed by atoms with Crippen LogP contribution in [0.15, 0.2) is 0 Å². The van der Waals surface area contributed by atoms with E-state index in [1.54, 1.807) is 0 Å². The molecule has 0 bridgehead atoms. The van der Waals surface area contributed by atoms with E-state index in [9.17, 15) is 0 Å². The summed E-state index contributed by atoms with van der Waals surface area (Å²) < 4.78 is 16.5. The van der Waals surface area contributed by atoms with Crippen molar-refractivity contribution in [2.75, 3.05) is 98.7 Å². The number of ether oxygens (including phenoxy) is 3. The summed E-state index contributed by atoms with van der Waals surface area (Å²) in [6.45, 7) is 11.1. The van der Waals surface area contributed by atoms with Gasteiger partial charge in [-0.1, -0.05) is 129 Å². The zero-order valence-electron chi connectivity index (χ0n) is 29.9. The minimum atomic E-state index is 0.0480. The van der Waals surface area contributed by atoms with Crippen LogP contribution in [-0.2, 0) is 14.2 Å². The Morgan fingerprint density at radius 1 is 0.311 bits per heavy atom. The van der Waals surface area contributed by atoms with Gasteiger partial charge in [0.25, 0.3) is 0 Å². The molecule has 0 aromatic rings. The van der Waals surface area contributed by atoms with E-state index in [0.717, 1.165) is 45.7 Å². The molecule has 3 N–H and O–H groups in total. The summed E-state index contributed by atoms with van der Waals surface area (Å²) in [7, 11) is 0. The molecule has 0 spiro atoms. The summed E-state index contributed by atoms with van der Waals surface area (Å²) in [4.78, 5) is 4.85. The quantitative estimate of drug-likeness (QED) is 0.0624. The van der Waals surface area contributed by atoms with Crippen molar-refractivity contribution in [1.82, 2.24) is 9.80 Å². The minimum absolute atomic E-state index is 0.0480. The molecule has 0 atom stereocenters. The second-order valence-corrected chi connectivity index (χ2v) is 12.8. The molecular formula is C37H78N2O6. The molecule has 0 aromatic heterocycles. The van der Waals surface area contributed by atoms with Crippen molar-refractivity contribution in [3.05, 3.63) is 0 Å². The lowest BCUT2D eigenvalue weighted by Crippen LogP contribution is -2.36. The van der Waals surface area contributed by atoms with Crippen LogP contribution >= 0.6 is 0 Å². The lowest BCUT2D eigenvalue weighted by atomic mass is 10.0. The molecule has 0 fully saturated rings. The zero-order chi connectivity index (χ0) is 32.7. The van der Waals surface area contributed by atoms with Crippen LogP contribution in [0.4, 0.5) is 0 Å². The fourth-order valence-electron chi connectivity index (χ4n) is 5.86. The number of aliphatic hydroxyl groups is 3. The number of hydrogen-bond donors (Lipinski definition) is 3. The fraction of sp³-hybridized carbons (Fsp3) is 1.00. The monoisotopic (exact) mass is 647 g/mol. The third kappa shape index (κ3) is 36.4. The van der Waals surface area contributed by atoms with Crippen LogP contribution in [0.3, 0.4) is 0 Å². The number of rotatable bonds is 40. The Balaban J connectivity index is 3.91. The van der Waals surface area contributed by atoms with Crippen molar-refractivity contribution in [2.45, 2.75) is 142 Å². The van der Waals surface area contributed by atoms with E-state index >= 15 is 0 Å². The van der Waals surface area contributed by atoms with Crippen molar-refractivity contribution < 1.29 is 29.5 Å². The Morgan fingerprint density at radius 3 is 0.889 bits per heavy atom. The van der Waals surface area contributed by atoms with Gasteiger partial charge in [0.15, 0.2) is 0 Å². The average molecular weight is 647 g/mol. The van der Waals surface area contributed by atoms with Crippen LogP contribution in [0.2, 0.25) is 0 Å². The molecule has 8 nitrogen and oxygen atoms in total. The van der Waals surface area contributed by atoms with Crippen molar-refractivity contribution in [2.24, 2.45) is 0 Å². The predicted octanol–water partition coefficient (Wildman–Crippen LogP) is 6.83. The number of unbranched alkanes of at least 4 members (excludes halogenated alkanes) is 19. The Hall–Kier alpha value is -0.320. The van der Waals surface area contributed by atoms with Gasteiger partial charge in [-0.05, 0) is 32.5 Å². The van der Waals surface area contributed by atoms with E-state index in [2.05, 4.69) is 16.7 Å². The minimum Gasteiger partial charge on any atom is -0.394 e. The molecule has 45 heavy (non-hydrogen) atoms. The third-order valence-corrected chi connectivity index (χ3v) is 8.64. The maximum atomic E-state index is 9.03. The van der Waals surface area contributed by atoms with Crippen molar-refractivity contribution in [1.29, 1.82) is 0 Å². The molecule has 0 aliphatic carbocycles. The normalized spacial score (nSPS) is 11.9. The van der Waals surface area contributed by atoms with E-state index in [1.807, 2.05) is 0 Å². The maximum Gasteiger partial charge on any atom is 0.0698 e. The molecule has 0 saturated heterocycles. The first-order valence-corrected chi connectivity index (χ1v) is 19.3. The zero-order valence-corrected chi connectivity index (χ0v) is 29.9. The Kier molecular flexibility index (Phi) is 39.6. The van der Waals surface area contributed by atoms with E-state index in [0.29, 0.717) is 39.6 Å². The van der Waals surface area contributed by atoms with E-state index < -0.39 is 0 Å². The highest BCUT2D eigenvalue weighted by Gasteiger charge is 2.09. The summed E-state index contributed by atoms with van der Waals surface area (Å²) in [6, 6.07) is 0. The average Bonchev–Trinajstić information content (AvgIpc) is 3.05. The molecular weight excluding hydrogens is 568 g/mol. The lowest BCUT2D eigenvalue weighted by molar-refractivity contribution is 0.0483. The van der Waals surface area contributed by atoms with Gasteiger partial charge in [0, 0.05) is 19.6 Å². The summed E-state index contributed by atoms with van der Waals surface area (Å²) in [5.74, 6) is 0. The van der Waals surface area contributed by atoms with Crippen molar-refractivity contribution >= 4 is 0 Å². The first-order valence-electron chi connectivity index (χ1n) is 19.3. The van der Waals surface area contributed by atoms with E-state index in [1.165, 1.54) is 128 Å². The summed E-state index contributed by atoms with van der Waals surface area (Å²) in [5.41, 5.74) is 0. The smallest absolute Gasteiger partial charge is 0.0698 e. The van der Waals surface area contributed by atoms with E-state index in [-0.39, 0.29) is 19.8 Å². The standard InChI is InChI=1S/C37H78N2O6/c1-2-3-4-5-6-7-8-9-10-11-12-13-14-15-16-17-18-19-20-21-23-38(26-32-43-35-29-40)24-22-25-39(27-33-44-36-30-41)28-34-45-37-31-42/h40-42H,2-37H2,1H3. The Labute approximate surface area is 279 Å². The third-order valence-electron chi connectivity index (χ3n) is 8.64. The fourth-order valence-corrected chi connectivity index (χ4v) is 5.86. The van der Waals surface area contributed by atoms with Crippen molar-refractivity contribution in [3.8, 4) is 0 Å². The van der Waals surface area contributed by atoms with Gasteiger partial charge in [-0.25, -0.2) is 0 Å². The number of nitrogens with zero attached hydrogens (tertiary/aromatic N) is 2. The van der Waals surface area contributed by atoms with Gasteiger partial charge in [-0.3, -0.25) is 4.90 Å². The van der Waals surface area contributed by atoms with E-state index in [4.69, 9.17) is 29.5 Å². The van der Waals surface area contributed by atoms with Crippen LogP contribution < -0.4 is 0 Å². The summed E-state index contributed by atoms with van der Waals surface area (Å²) in [6.07, 6.45) is 29.1. The van der Waals surface area contributed by atoms with Crippen LogP contribution in [-0.4, -0.2) is 124 Å². The molecule has 0 radical (unpaired) electrons. The van der Waals surface area contributed by atoms with Gasteiger partial charge in [0.2, 0.25) is 0 Å². The van der Waals surface area contributed by atoms with Gasteiger partial charge in [-0.2, -0.15) is 0 Å². The first-order chi connectivity index (χ1) is 22.3. The van der Waals surface area contributed by atoms with Crippen LogP contribution in [0.1, 0.15) is 142 Å². The highest BCUT2D eigenvalue weighted by Crippen LogP contribution is 2.15. The molecule has 0 aromatic carbocycles. The molecule has 0 saturated carbocycles. The van der Waals surface area contributed by atoms with Crippen LogP contribution in [0.5, 0.6) is 0 Å². The Morgan fingerprint density at radius 2 is 0.578 bits per heavy atom. The highest BCUT2D eigenvalue weighted by molar-refractivity contribution is 4.64. The van der Waals surface area contributed by atoms with Gasteiger partial charge in [0.05, 0.1) is 59.5 Å².